The third-order valence-electron chi connectivity index (χ3n) is 2.78. The number of aryl methyl sites for hydroxylation is 1. The molecule has 5 nitrogen and oxygen atoms in total. The van der Waals surface area contributed by atoms with Crippen LogP contribution in [0, 0.1) is 12.3 Å². The molecular formula is C14H27N5S. The van der Waals surface area contributed by atoms with Gasteiger partial charge in [0.05, 0.1) is 6.54 Å². The molecular weight excluding hydrogens is 270 g/mol. The van der Waals surface area contributed by atoms with Gasteiger partial charge in [0, 0.05) is 31.2 Å². The molecule has 2 N–H and O–H groups in total. The Morgan fingerprint density at radius 1 is 1.40 bits per heavy atom. The fraction of sp³-hybridized carbons (Fsp3) is 0.714. The zero-order chi connectivity index (χ0) is 15.2. The predicted molar refractivity (Wildman–Crippen MR) is 87.4 cm³/mol. The molecule has 0 bridgehead atoms. The maximum Gasteiger partial charge on any atom is 0.191 e. The number of aromatic nitrogens is 1. The van der Waals surface area contributed by atoms with Gasteiger partial charge in [-0.15, -0.1) is 11.3 Å². The van der Waals surface area contributed by atoms with Gasteiger partial charge in [0.2, 0.25) is 0 Å². The number of hydrogen-bond acceptors (Lipinski definition) is 4. The summed E-state index contributed by atoms with van der Waals surface area (Å²) >= 11 is 1.71. The summed E-state index contributed by atoms with van der Waals surface area (Å²) in [6.07, 6.45) is 1.90. The normalized spacial score (nSPS) is 12.8. The summed E-state index contributed by atoms with van der Waals surface area (Å²) in [7, 11) is 5.99. The minimum Gasteiger partial charge on any atom is -0.356 e. The van der Waals surface area contributed by atoms with Crippen LogP contribution in [-0.2, 0) is 6.54 Å². The molecule has 0 aliphatic rings. The van der Waals surface area contributed by atoms with Crippen molar-refractivity contribution in [3.63, 3.8) is 0 Å². The van der Waals surface area contributed by atoms with Crippen LogP contribution in [0.25, 0.3) is 0 Å². The van der Waals surface area contributed by atoms with Gasteiger partial charge in [-0.2, -0.15) is 0 Å². The second-order valence-electron chi connectivity index (χ2n) is 6.05. The molecule has 0 aliphatic carbocycles. The van der Waals surface area contributed by atoms with Gasteiger partial charge < -0.3 is 15.5 Å². The van der Waals surface area contributed by atoms with Crippen LogP contribution < -0.4 is 10.6 Å². The van der Waals surface area contributed by atoms with E-state index in [1.165, 1.54) is 4.88 Å². The van der Waals surface area contributed by atoms with Crippen molar-refractivity contribution in [1.82, 2.24) is 20.5 Å². The third-order valence-corrected chi connectivity index (χ3v) is 3.69. The Kier molecular flexibility index (Phi) is 6.42. The highest BCUT2D eigenvalue weighted by Gasteiger charge is 2.19. The Labute approximate surface area is 126 Å². The fourth-order valence-corrected chi connectivity index (χ4v) is 2.82. The van der Waals surface area contributed by atoms with Crippen LogP contribution in [0.2, 0.25) is 0 Å². The van der Waals surface area contributed by atoms with Crippen molar-refractivity contribution in [2.75, 3.05) is 34.2 Å². The number of aliphatic imine (C=N–C) groups is 1. The topological polar surface area (TPSA) is 52.6 Å². The van der Waals surface area contributed by atoms with Crippen LogP contribution in [0.1, 0.15) is 23.7 Å². The van der Waals surface area contributed by atoms with E-state index in [0.717, 1.165) is 24.1 Å². The maximum absolute atomic E-state index is 4.34. The molecule has 0 amide bonds. The smallest absolute Gasteiger partial charge is 0.191 e. The van der Waals surface area contributed by atoms with Crippen molar-refractivity contribution in [2.45, 2.75) is 27.3 Å². The molecule has 0 saturated carbocycles. The van der Waals surface area contributed by atoms with Crippen LogP contribution in [0.15, 0.2) is 11.2 Å². The van der Waals surface area contributed by atoms with E-state index in [-0.39, 0.29) is 5.41 Å². The van der Waals surface area contributed by atoms with Gasteiger partial charge >= 0.3 is 0 Å². The Balaban J connectivity index is 2.40. The highest BCUT2D eigenvalue weighted by Crippen LogP contribution is 2.14. The first-order valence-electron chi connectivity index (χ1n) is 6.83. The molecule has 0 atom stereocenters. The van der Waals surface area contributed by atoms with Gasteiger partial charge in [-0.1, -0.05) is 13.8 Å². The first kappa shape index (κ1) is 16.9. The van der Waals surface area contributed by atoms with Crippen LogP contribution >= 0.6 is 11.3 Å². The molecule has 1 rings (SSSR count). The van der Waals surface area contributed by atoms with Gasteiger partial charge in [-0.05, 0) is 26.4 Å². The quantitative estimate of drug-likeness (QED) is 0.620. The Morgan fingerprint density at radius 2 is 2.10 bits per heavy atom. The van der Waals surface area contributed by atoms with Crippen molar-refractivity contribution in [3.05, 3.63) is 16.1 Å². The van der Waals surface area contributed by atoms with E-state index in [9.17, 15) is 0 Å². The number of thiazole rings is 1. The molecule has 0 fully saturated rings. The number of rotatable bonds is 6. The van der Waals surface area contributed by atoms with Crippen LogP contribution in [0.3, 0.4) is 0 Å². The molecule has 0 spiro atoms. The van der Waals surface area contributed by atoms with Gasteiger partial charge in [0.25, 0.3) is 0 Å². The molecule has 1 aromatic heterocycles. The van der Waals surface area contributed by atoms with Gasteiger partial charge in [-0.3, -0.25) is 4.99 Å². The minimum absolute atomic E-state index is 0.193. The predicted octanol–water partition coefficient (Wildman–Crippen LogP) is 1.70. The monoisotopic (exact) mass is 297 g/mol. The van der Waals surface area contributed by atoms with Gasteiger partial charge in [0.15, 0.2) is 5.96 Å². The van der Waals surface area contributed by atoms with Gasteiger partial charge in [0.1, 0.15) is 5.01 Å². The number of nitrogens with zero attached hydrogens (tertiary/aromatic N) is 3. The summed E-state index contributed by atoms with van der Waals surface area (Å²) in [6, 6.07) is 0. The van der Waals surface area contributed by atoms with Crippen LogP contribution in [-0.4, -0.2) is 50.1 Å². The van der Waals surface area contributed by atoms with E-state index >= 15 is 0 Å². The van der Waals surface area contributed by atoms with Crippen molar-refractivity contribution < 1.29 is 0 Å². The lowest BCUT2D eigenvalue weighted by atomic mass is 9.93. The molecule has 0 saturated heterocycles. The first-order valence-corrected chi connectivity index (χ1v) is 7.64. The third kappa shape index (κ3) is 6.34. The van der Waals surface area contributed by atoms with Crippen molar-refractivity contribution in [3.8, 4) is 0 Å². The van der Waals surface area contributed by atoms with Crippen molar-refractivity contribution >= 4 is 17.3 Å². The largest absolute Gasteiger partial charge is 0.356 e. The van der Waals surface area contributed by atoms with Crippen LogP contribution in [0.4, 0.5) is 0 Å². The molecule has 0 aliphatic heterocycles. The molecule has 0 radical (unpaired) electrons. The first-order chi connectivity index (χ1) is 9.32. The molecule has 1 heterocycles. The Hall–Kier alpha value is -1.14. The lowest BCUT2D eigenvalue weighted by molar-refractivity contribution is 0.241. The SMILES string of the molecule is CN=C(NCc1ncc(C)s1)NCC(C)(C)CN(C)C. The summed E-state index contributed by atoms with van der Waals surface area (Å²) in [6.45, 7) is 9.18. The molecule has 6 heteroatoms. The van der Waals surface area contributed by atoms with E-state index in [0.29, 0.717) is 6.54 Å². The molecule has 0 aromatic carbocycles. The zero-order valence-corrected chi connectivity index (χ0v) is 14.3. The molecule has 1 aromatic rings. The number of guanidine groups is 1. The van der Waals surface area contributed by atoms with Crippen molar-refractivity contribution in [2.24, 2.45) is 10.4 Å². The average Bonchev–Trinajstić information content (AvgIpc) is 2.73. The summed E-state index contributed by atoms with van der Waals surface area (Å²) in [5.41, 5.74) is 0.193. The Morgan fingerprint density at radius 3 is 2.60 bits per heavy atom. The van der Waals surface area contributed by atoms with Crippen LogP contribution in [0.5, 0.6) is 0 Å². The van der Waals surface area contributed by atoms with E-state index in [1.807, 2.05) is 6.20 Å². The highest BCUT2D eigenvalue weighted by atomic mass is 32.1. The van der Waals surface area contributed by atoms with Gasteiger partial charge in [-0.25, -0.2) is 4.98 Å². The van der Waals surface area contributed by atoms with E-state index in [4.69, 9.17) is 0 Å². The van der Waals surface area contributed by atoms with E-state index in [2.05, 4.69) is 60.4 Å². The number of hydrogen-bond donors (Lipinski definition) is 2. The van der Waals surface area contributed by atoms with Crippen molar-refractivity contribution in [1.29, 1.82) is 0 Å². The second-order valence-corrected chi connectivity index (χ2v) is 7.37. The molecule has 0 unspecified atom stereocenters. The average molecular weight is 297 g/mol. The molecule has 114 valence electrons. The standard InChI is InChI=1S/C14H27N5S/c1-11-7-16-12(20-11)8-17-13(15-4)18-9-14(2,3)10-19(5)6/h7H,8-10H2,1-6H3,(H2,15,17,18). The number of nitrogens with one attached hydrogen (secondary N) is 2. The maximum atomic E-state index is 4.34. The zero-order valence-electron chi connectivity index (χ0n) is 13.4. The minimum atomic E-state index is 0.193. The summed E-state index contributed by atoms with van der Waals surface area (Å²) in [5, 5.41) is 7.76. The lowest BCUT2D eigenvalue weighted by Gasteiger charge is -2.29. The summed E-state index contributed by atoms with van der Waals surface area (Å²) < 4.78 is 0. The lowest BCUT2D eigenvalue weighted by Crippen LogP contribution is -2.44. The summed E-state index contributed by atoms with van der Waals surface area (Å²) in [5.74, 6) is 0.824. The fourth-order valence-electron chi connectivity index (χ4n) is 2.10. The van der Waals surface area contributed by atoms with E-state index < -0.39 is 0 Å². The van der Waals surface area contributed by atoms with E-state index in [1.54, 1.807) is 18.4 Å². The highest BCUT2D eigenvalue weighted by molar-refractivity contribution is 7.11. The Bertz CT molecular complexity index is 437. The summed E-state index contributed by atoms with van der Waals surface area (Å²) in [4.78, 5) is 12.0. The second kappa shape index (κ2) is 7.59. The molecule has 20 heavy (non-hydrogen) atoms.